The zero-order chi connectivity index (χ0) is 26.0. The summed E-state index contributed by atoms with van der Waals surface area (Å²) >= 11 is 6.02. The van der Waals surface area contributed by atoms with E-state index < -0.39 is 16.1 Å². The van der Waals surface area contributed by atoms with E-state index in [1.807, 2.05) is 14.1 Å². The standard InChI is InChI=1S/C26H29ClN4O4S/c1-29(2)17-25(32)30(3)21-9-11-22(12-10-21)31-14-4-5-24(26(31)33)28-36(34,35)23-13-7-18-15-20(27)8-6-19(18)16-23/h6-13,15-16,24,28H,4-5,14,17H2,1-3H3. The summed E-state index contributed by atoms with van der Waals surface area (Å²) in [5, 5.41) is 2.15. The minimum atomic E-state index is -3.92. The largest absolute Gasteiger partial charge is 0.314 e. The summed E-state index contributed by atoms with van der Waals surface area (Å²) in [5.74, 6) is -0.352. The monoisotopic (exact) mass is 528 g/mol. The highest BCUT2D eigenvalue weighted by molar-refractivity contribution is 7.89. The van der Waals surface area contributed by atoms with Crippen LogP contribution in [0, 0.1) is 0 Å². The van der Waals surface area contributed by atoms with Gasteiger partial charge in [-0.3, -0.25) is 9.59 Å². The van der Waals surface area contributed by atoms with E-state index in [-0.39, 0.29) is 23.3 Å². The number of nitrogens with zero attached hydrogens (tertiary/aromatic N) is 3. The summed E-state index contributed by atoms with van der Waals surface area (Å²) in [6, 6.07) is 16.3. The highest BCUT2D eigenvalue weighted by atomic mass is 35.5. The van der Waals surface area contributed by atoms with E-state index in [4.69, 9.17) is 11.6 Å². The van der Waals surface area contributed by atoms with Gasteiger partial charge in [0.25, 0.3) is 0 Å². The molecule has 0 spiro atoms. The number of carbonyl (C=O) groups is 2. The first-order valence-corrected chi connectivity index (χ1v) is 13.5. The maximum Gasteiger partial charge on any atom is 0.245 e. The second-order valence-electron chi connectivity index (χ2n) is 9.17. The van der Waals surface area contributed by atoms with Crippen molar-refractivity contribution in [2.45, 2.75) is 23.8 Å². The van der Waals surface area contributed by atoms with Gasteiger partial charge in [-0.25, -0.2) is 8.42 Å². The Labute approximate surface area is 216 Å². The lowest BCUT2D eigenvalue weighted by atomic mass is 10.0. The summed E-state index contributed by atoms with van der Waals surface area (Å²) in [5.41, 5.74) is 1.37. The number of likely N-dealkylation sites (N-methyl/N-ethyl adjacent to an activating group) is 2. The van der Waals surface area contributed by atoms with Gasteiger partial charge in [0.05, 0.1) is 11.4 Å². The Kier molecular flexibility index (Phi) is 7.65. The summed E-state index contributed by atoms with van der Waals surface area (Å²) in [4.78, 5) is 30.6. The smallest absolute Gasteiger partial charge is 0.245 e. The van der Waals surface area contributed by atoms with Crippen molar-refractivity contribution in [2.24, 2.45) is 0 Å². The van der Waals surface area contributed by atoms with Crippen LogP contribution in [0.4, 0.5) is 11.4 Å². The SMILES string of the molecule is CN(C)CC(=O)N(C)c1ccc(N2CCCC(NS(=O)(=O)c3ccc4cc(Cl)ccc4c3)C2=O)cc1. The molecule has 2 amide bonds. The zero-order valence-electron chi connectivity index (χ0n) is 20.4. The molecule has 0 bridgehead atoms. The van der Waals surface area contributed by atoms with Crippen molar-refractivity contribution in [3.63, 3.8) is 0 Å². The molecule has 36 heavy (non-hydrogen) atoms. The average Bonchev–Trinajstić information content (AvgIpc) is 2.84. The van der Waals surface area contributed by atoms with Crippen molar-refractivity contribution in [3.8, 4) is 0 Å². The van der Waals surface area contributed by atoms with Crippen LogP contribution in [0.25, 0.3) is 10.8 Å². The fourth-order valence-electron chi connectivity index (χ4n) is 4.23. The fourth-order valence-corrected chi connectivity index (χ4v) is 5.67. The lowest BCUT2D eigenvalue weighted by Crippen LogP contribution is -2.52. The number of amides is 2. The molecule has 4 rings (SSSR count). The third-order valence-electron chi connectivity index (χ3n) is 6.19. The molecule has 1 aliphatic rings. The first kappa shape index (κ1) is 26.1. The summed E-state index contributed by atoms with van der Waals surface area (Å²) < 4.78 is 28.8. The number of nitrogens with one attached hydrogen (secondary N) is 1. The van der Waals surface area contributed by atoms with Crippen molar-refractivity contribution in [3.05, 3.63) is 65.7 Å². The second-order valence-corrected chi connectivity index (χ2v) is 11.3. The Morgan fingerprint density at radius 1 is 1.03 bits per heavy atom. The van der Waals surface area contributed by atoms with Gasteiger partial charge in [0.1, 0.15) is 6.04 Å². The van der Waals surface area contributed by atoms with E-state index in [9.17, 15) is 18.0 Å². The van der Waals surface area contributed by atoms with Crippen LogP contribution in [0.1, 0.15) is 12.8 Å². The van der Waals surface area contributed by atoms with Crippen molar-refractivity contribution < 1.29 is 18.0 Å². The number of halogens is 1. The Morgan fingerprint density at radius 2 is 1.69 bits per heavy atom. The maximum atomic E-state index is 13.2. The Balaban J connectivity index is 1.49. The Bertz CT molecular complexity index is 1390. The van der Waals surface area contributed by atoms with E-state index in [0.29, 0.717) is 35.8 Å². The van der Waals surface area contributed by atoms with Crippen LogP contribution in [0.2, 0.25) is 5.02 Å². The van der Waals surface area contributed by atoms with E-state index in [2.05, 4.69) is 4.72 Å². The van der Waals surface area contributed by atoms with Gasteiger partial charge in [-0.2, -0.15) is 4.72 Å². The number of carbonyl (C=O) groups excluding carboxylic acids is 2. The molecule has 0 aromatic heterocycles. The van der Waals surface area contributed by atoms with Gasteiger partial charge < -0.3 is 14.7 Å². The first-order valence-electron chi connectivity index (χ1n) is 11.6. The van der Waals surface area contributed by atoms with Gasteiger partial charge >= 0.3 is 0 Å². The maximum absolute atomic E-state index is 13.2. The lowest BCUT2D eigenvalue weighted by molar-refractivity contribution is -0.121. The molecule has 1 fully saturated rings. The van der Waals surface area contributed by atoms with Crippen LogP contribution in [-0.4, -0.2) is 65.4 Å². The molecule has 1 unspecified atom stereocenters. The Hall–Kier alpha value is -2.98. The van der Waals surface area contributed by atoms with Gasteiger partial charge in [0, 0.05) is 30.0 Å². The van der Waals surface area contributed by atoms with Gasteiger partial charge in [0.15, 0.2) is 0 Å². The van der Waals surface area contributed by atoms with Crippen molar-refractivity contribution in [1.82, 2.24) is 9.62 Å². The normalized spacial score (nSPS) is 16.5. The molecular formula is C26H29ClN4O4S. The molecule has 0 aliphatic carbocycles. The van der Waals surface area contributed by atoms with Gasteiger partial charge in [-0.1, -0.05) is 23.7 Å². The number of anilines is 2. The van der Waals surface area contributed by atoms with Crippen LogP contribution in [0.15, 0.2) is 65.6 Å². The molecule has 3 aromatic carbocycles. The number of benzene rings is 3. The molecule has 1 N–H and O–H groups in total. The predicted molar refractivity (Wildman–Crippen MR) is 143 cm³/mol. The van der Waals surface area contributed by atoms with Crippen LogP contribution in [0.5, 0.6) is 0 Å². The van der Waals surface area contributed by atoms with Crippen molar-refractivity contribution in [1.29, 1.82) is 0 Å². The Morgan fingerprint density at radius 3 is 2.39 bits per heavy atom. The van der Waals surface area contributed by atoms with Gasteiger partial charge in [0.2, 0.25) is 21.8 Å². The second kappa shape index (κ2) is 10.6. The summed E-state index contributed by atoms with van der Waals surface area (Å²) in [6.45, 7) is 0.776. The minimum absolute atomic E-state index is 0.0481. The molecule has 1 atom stereocenters. The fraction of sp³-hybridized carbons (Fsp3) is 0.308. The molecular weight excluding hydrogens is 500 g/mol. The zero-order valence-corrected chi connectivity index (χ0v) is 22.0. The molecule has 190 valence electrons. The number of fused-ring (bicyclic) bond motifs is 1. The van der Waals surface area contributed by atoms with Crippen molar-refractivity contribution in [2.75, 3.05) is 44.0 Å². The summed E-state index contributed by atoms with van der Waals surface area (Å²) in [7, 11) is 1.45. The number of piperidine rings is 1. The number of hydrogen-bond donors (Lipinski definition) is 1. The quantitative estimate of drug-likeness (QED) is 0.507. The molecule has 1 saturated heterocycles. The van der Waals surface area contributed by atoms with Crippen LogP contribution in [-0.2, 0) is 19.6 Å². The molecule has 3 aromatic rings. The van der Waals surface area contributed by atoms with Crippen LogP contribution < -0.4 is 14.5 Å². The first-order chi connectivity index (χ1) is 17.0. The number of sulfonamides is 1. The molecule has 1 aliphatic heterocycles. The van der Waals surface area contributed by atoms with E-state index >= 15 is 0 Å². The highest BCUT2D eigenvalue weighted by Gasteiger charge is 2.33. The number of rotatable bonds is 7. The highest BCUT2D eigenvalue weighted by Crippen LogP contribution is 2.26. The molecule has 10 heteroatoms. The van der Waals surface area contributed by atoms with Crippen molar-refractivity contribution >= 4 is 55.6 Å². The van der Waals surface area contributed by atoms with Gasteiger partial charge in [-0.05, 0) is 86.2 Å². The predicted octanol–water partition coefficient (Wildman–Crippen LogP) is 3.49. The van der Waals surface area contributed by atoms with E-state index in [0.717, 1.165) is 10.8 Å². The molecule has 0 saturated carbocycles. The third-order valence-corrected chi connectivity index (χ3v) is 7.90. The van der Waals surface area contributed by atoms with Crippen LogP contribution in [0.3, 0.4) is 0 Å². The third kappa shape index (κ3) is 5.70. The average molecular weight is 529 g/mol. The lowest BCUT2D eigenvalue weighted by Gasteiger charge is -2.33. The van der Waals surface area contributed by atoms with Crippen LogP contribution >= 0.6 is 11.6 Å². The van der Waals surface area contributed by atoms with E-state index in [1.54, 1.807) is 76.3 Å². The summed E-state index contributed by atoms with van der Waals surface area (Å²) in [6.07, 6.45) is 1.07. The topological polar surface area (TPSA) is 90.0 Å². The minimum Gasteiger partial charge on any atom is -0.314 e. The van der Waals surface area contributed by atoms with Gasteiger partial charge in [-0.15, -0.1) is 0 Å². The molecule has 1 heterocycles. The van der Waals surface area contributed by atoms with E-state index in [1.165, 1.54) is 6.07 Å². The molecule has 8 nitrogen and oxygen atoms in total. The number of hydrogen-bond acceptors (Lipinski definition) is 5. The molecule has 0 radical (unpaired) electrons.